The summed E-state index contributed by atoms with van der Waals surface area (Å²) >= 11 is 0. The zero-order valence-corrected chi connectivity index (χ0v) is 15.8. The molecule has 0 heterocycles. The summed E-state index contributed by atoms with van der Waals surface area (Å²) in [7, 11) is 0. The van der Waals surface area contributed by atoms with Crippen molar-refractivity contribution in [3.63, 3.8) is 0 Å². The molecule has 0 atom stereocenters. The van der Waals surface area contributed by atoms with Gasteiger partial charge in [-0.25, -0.2) is 0 Å². The lowest BCUT2D eigenvalue weighted by Crippen LogP contribution is -2.36. The van der Waals surface area contributed by atoms with Gasteiger partial charge >= 0.3 is 0 Å². The third kappa shape index (κ3) is 6.72. The Morgan fingerprint density at radius 3 is 2.56 bits per heavy atom. The maximum atomic E-state index is 12.4. The average Bonchev–Trinajstić information content (AvgIpc) is 2.64. The largest absolute Gasteiger partial charge is 0.395 e. The van der Waals surface area contributed by atoms with Crippen molar-refractivity contribution >= 4 is 23.6 Å². The fraction of sp³-hybridized carbons (Fsp3) is 0.273. The molecule has 2 aromatic rings. The number of aryl methyl sites for hydroxylation is 2. The molecule has 5 heteroatoms. The first-order chi connectivity index (χ1) is 13.0. The Labute approximate surface area is 160 Å². The van der Waals surface area contributed by atoms with Crippen LogP contribution in [-0.2, 0) is 9.59 Å². The van der Waals surface area contributed by atoms with Crippen molar-refractivity contribution in [2.45, 2.75) is 20.3 Å². The quantitative estimate of drug-likeness (QED) is 0.705. The van der Waals surface area contributed by atoms with Crippen LogP contribution in [0.1, 0.15) is 23.1 Å². The van der Waals surface area contributed by atoms with E-state index in [-0.39, 0.29) is 31.4 Å². The Morgan fingerprint density at radius 1 is 1.11 bits per heavy atom. The number of aliphatic hydroxyl groups is 1. The predicted molar refractivity (Wildman–Crippen MR) is 108 cm³/mol. The van der Waals surface area contributed by atoms with Crippen LogP contribution in [0.3, 0.4) is 0 Å². The monoisotopic (exact) mass is 366 g/mol. The van der Waals surface area contributed by atoms with Gasteiger partial charge in [0.15, 0.2) is 0 Å². The van der Waals surface area contributed by atoms with Crippen LogP contribution in [0.4, 0.5) is 5.69 Å². The van der Waals surface area contributed by atoms with Crippen LogP contribution < -0.4 is 5.32 Å². The van der Waals surface area contributed by atoms with Gasteiger partial charge in [0.25, 0.3) is 0 Å². The number of carbonyl (C=O) groups excluding carboxylic acids is 2. The standard InChI is InChI=1S/C22H26N2O3/c1-17-10-11-18(2)20(15-17)23-21(26)16-22(27)24(13-14-25)12-6-9-19-7-4-3-5-8-19/h3-11,15,25H,12-14,16H2,1-2H3,(H,23,26). The number of carbonyl (C=O) groups is 2. The second-order valence-corrected chi connectivity index (χ2v) is 6.42. The summed E-state index contributed by atoms with van der Waals surface area (Å²) in [6.07, 6.45) is 3.51. The Morgan fingerprint density at radius 2 is 1.85 bits per heavy atom. The fourth-order valence-electron chi connectivity index (χ4n) is 2.63. The number of anilines is 1. The smallest absolute Gasteiger partial charge is 0.233 e. The van der Waals surface area contributed by atoms with Crippen LogP contribution in [-0.4, -0.2) is 41.5 Å². The lowest BCUT2D eigenvalue weighted by Gasteiger charge is -2.20. The Bertz CT molecular complexity index is 800. The summed E-state index contributed by atoms with van der Waals surface area (Å²) in [5.74, 6) is -0.673. The summed E-state index contributed by atoms with van der Waals surface area (Å²) in [4.78, 5) is 26.2. The summed E-state index contributed by atoms with van der Waals surface area (Å²) < 4.78 is 0. The molecule has 0 saturated heterocycles. The SMILES string of the molecule is Cc1ccc(C)c(NC(=O)CC(=O)N(CC=Cc2ccccc2)CCO)c1. The van der Waals surface area contributed by atoms with Crippen molar-refractivity contribution in [2.24, 2.45) is 0 Å². The summed E-state index contributed by atoms with van der Waals surface area (Å²) in [5.41, 5.74) is 3.72. The molecule has 2 amide bonds. The van der Waals surface area contributed by atoms with Crippen LogP contribution in [0.25, 0.3) is 6.08 Å². The van der Waals surface area contributed by atoms with E-state index in [2.05, 4.69) is 5.32 Å². The molecule has 0 unspecified atom stereocenters. The van der Waals surface area contributed by atoms with E-state index >= 15 is 0 Å². The molecular weight excluding hydrogens is 340 g/mol. The average molecular weight is 366 g/mol. The molecule has 27 heavy (non-hydrogen) atoms. The number of nitrogens with one attached hydrogen (secondary N) is 1. The number of nitrogens with zero attached hydrogens (tertiary/aromatic N) is 1. The van der Waals surface area contributed by atoms with Crippen molar-refractivity contribution < 1.29 is 14.7 Å². The highest BCUT2D eigenvalue weighted by Gasteiger charge is 2.16. The van der Waals surface area contributed by atoms with Gasteiger partial charge in [-0.3, -0.25) is 9.59 Å². The zero-order valence-electron chi connectivity index (χ0n) is 15.8. The Balaban J connectivity index is 1.94. The molecule has 2 rings (SSSR count). The topological polar surface area (TPSA) is 69.6 Å². The van der Waals surface area contributed by atoms with Crippen LogP contribution in [0.2, 0.25) is 0 Å². The van der Waals surface area contributed by atoms with Gasteiger partial charge in [-0.05, 0) is 36.6 Å². The first-order valence-electron chi connectivity index (χ1n) is 8.97. The molecule has 0 bridgehead atoms. The highest BCUT2D eigenvalue weighted by Crippen LogP contribution is 2.16. The Hall–Kier alpha value is -2.92. The second kappa shape index (κ2) is 10.3. The number of rotatable bonds is 8. The predicted octanol–water partition coefficient (Wildman–Crippen LogP) is 3.17. The van der Waals surface area contributed by atoms with Crippen LogP contribution in [0.15, 0.2) is 54.6 Å². The lowest BCUT2D eigenvalue weighted by molar-refractivity contribution is -0.134. The van der Waals surface area contributed by atoms with Gasteiger partial charge < -0.3 is 15.3 Å². The number of amides is 2. The van der Waals surface area contributed by atoms with Gasteiger partial charge in [0.05, 0.1) is 6.61 Å². The van der Waals surface area contributed by atoms with Crippen molar-refractivity contribution in [3.8, 4) is 0 Å². The van der Waals surface area contributed by atoms with Crippen molar-refractivity contribution in [3.05, 3.63) is 71.3 Å². The second-order valence-electron chi connectivity index (χ2n) is 6.42. The van der Waals surface area contributed by atoms with Crippen molar-refractivity contribution in [1.82, 2.24) is 4.90 Å². The maximum Gasteiger partial charge on any atom is 0.233 e. The molecule has 0 radical (unpaired) electrons. The minimum Gasteiger partial charge on any atom is -0.395 e. The minimum absolute atomic E-state index is 0.149. The highest BCUT2D eigenvalue weighted by atomic mass is 16.3. The van der Waals surface area contributed by atoms with Gasteiger partial charge in [-0.15, -0.1) is 0 Å². The molecule has 0 aliphatic carbocycles. The minimum atomic E-state index is -0.358. The molecule has 5 nitrogen and oxygen atoms in total. The first-order valence-corrected chi connectivity index (χ1v) is 8.97. The van der Waals surface area contributed by atoms with Crippen LogP contribution in [0.5, 0.6) is 0 Å². The van der Waals surface area contributed by atoms with Gasteiger partial charge in [0.1, 0.15) is 6.42 Å². The van der Waals surface area contributed by atoms with E-state index < -0.39 is 0 Å². The van der Waals surface area contributed by atoms with Crippen LogP contribution in [0, 0.1) is 13.8 Å². The third-order valence-corrected chi connectivity index (χ3v) is 4.14. The van der Waals surface area contributed by atoms with Gasteiger partial charge in [-0.1, -0.05) is 54.6 Å². The van der Waals surface area contributed by atoms with E-state index in [4.69, 9.17) is 0 Å². The molecule has 0 saturated carbocycles. The molecule has 2 N–H and O–H groups in total. The fourth-order valence-corrected chi connectivity index (χ4v) is 2.63. The lowest BCUT2D eigenvalue weighted by atomic mass is 10.1. The molecule has 0 aliphatic rings. The number of aliphatic hydroxyl groups excluding tert-OH is 1. The van der Waals surface area contributed by atoms with Gasteiger partial charge in [0.2, 0.25) is 11.8 Å². The Kier molecular flexibility index (Phi) is 7.77. The number of hydrogen-bond acceptors (Lipinski definition) is 3. The van der Waals surface area contributed by atoms with E-state index in [9.17, 15) is 14.7 Å². The van der Waals surface area contributed by atoms with Crippen LogP contribution >= 0.6 is 0 Å². The molecule has 0 aromatic heterocycles. The van der Waals surface area contributed by atoms with E-state index in [0.29, 0.717) is 12.2 Å². The molecule has 2 aromatic carbocycles. The van der Waals surface area contributed by atoms with E-state index in [0.717, 1.165) is 16.7 Å². The van der Waals surface area contributed by atoms with Crippen molar-refractivity contribution in [2.75, 3.05) is 25.0 Å². The maximum absolute atomic E-state index is 12.4. The zero-order chi connectivity index (χ0) is 19.6. The number of hydrogen-bond donors (Lipinski definition) is 2. The van der Waals surface area contributed by atoms with Gasteiger partial charge in [-0.2, -0.15) is 0 Å². The van der Waals surface area contributed by atoms with Gasteiger partial charge in [0, 0.05) is 18.8 Å². The first kappa shape index (κ1) is 20.4. The molecular formula is C22H26N2O3. The number of benzene rings is 2. The van der Waals surface area contributed by atoms with E-state index in [1.807, 2.05) is 74.5 Å². The highest BCUT2D eigenvalue weighted by molar-refractivity contribution is 6.03. The molecule has 0 spiro atoms. The van der Waals surface area contributed by atoms with Crippen molar-refractivity contribution in [1.29, 1.82) is 0 Å². The molecule has 142 valence electrons. The van der Waals surface area contributed by atoms with E-state index in [1.54, 1.807) is 0 Å². The van der Waals surface area contributed by atoms with E-state index in [1.165, 1.54) is 4.90 Å². The summed E-state index contributed by atoms with van der Waals surface area (Å²) in [6.45, 7) is 4.23. The summed E-state index contributed by atoms with van der Waals surface area (Å²) in [6, 6.07) is 15.5. The normalized spacial score (nSPS) is 10.8. The summed E-state index contributed by atoms with van der Waals surface area (Å²) in [5, 5.41) is 12.0. The molecule has 0 fully saturated rings. The molecule has 0 aliphatic heterocycles. The third-order valence-electron chi connectivity index (χ3n) is 4.14.